The number of ketones is 1. The number of carbonyl (C=O) groups excluding carboxylic acids is 2. The zero-order chi connectivity index (χ0) is 22.8. The lowest BCUT2D eigenvalue weighted by atomic mass is 9.95. The van der Waals surface area contributed by atoms with Gasteiger partial charge in [-0.2, -0.15) is 0 Å². The fraction of sp³-hybridized carbons (Fsp3) is 0.160. The summed E-state index contributed by atoms with van der Waals surface area (Å²) in [7, 11) is 0. The predicted octanol–water partition coefficient (Wildman–Crippen LogP) is 5.07. The molecule has 1 aliphatic heterocycles. The number of benzene rings is 2. The third kappa shape index (κ3) is 3.74. The predicted molar refractivity (Wildman–Crippen MR) is 123 cm³/mol. The summed E-state index contributed by atoms with van der Waals surface area (Å²) in [4.78, 5) is 31.8. The monoisotopic (exact) mass is 448 g/mol. The maximum atomic E-state index is 13.2. The molecule has 1 N–H and O–H groups in total. The minimum absolute atomic E-state index is 0.00438. The zero-order valence-electron chi connectivity index (χ0n) is 17.6. The van der Waals surface area contributed by atoms with Gasteiger partial charge in [0.05, 0.1) is 18.2 Å². The highest BCUT2D eigenvalue weighted by Crippen LogP contribution is 2.43. The van der Waals surface area contributed by atoms with Gasteiger partial charge in [0.15, 0.2) is 0 Å². The van der Waals surface area contributed by atoms with Crippen LogP contribution in [0.1, 0.15) is 29.7 Å². The van der Waals surface area contributed by atoms with Crippen molar-refractivity contribution in [1.29, 1.82) is 0 Å². The van der Waals surface area contributed by atoms with Gasteiger partial charge in [-0.1, -0.05) is 17.7 Å². The van der Waals surface area contributed by atoms with Gasteiger partial charge in [-0.05, 0) is 73.5 Å². The van der Waals surface area contributed by atoms with Crippen LogP contribution in [-0.2, 0) is 9.59 Å². The first-order chi connectivity index (χ1) is 15.4. The number of hydrogen-bond acceptors (Lipinski definition) is 5. The van der Waals surface area contributed by atoms with E-state index < -0.39 is 17.7 Å². The molecular weight excluding hydrogens is 428 g/mol. The molecule has 0 radical (unpaired) electrons. The molecule has 1 unspecified atom stereocenters. The van der Waals surface area contributed by atoms with Crippen molar-refractivity contribution >= 4 is 34.7 Å². The number of rotatable bonds is 5. The number of ether oxygens (including phenoxy) is 1. The molecule has 2 aromatic carbocycles. The van der Waals surface area contributed by atoms with Gasteiger partial charge in [0.1, 0.15) is 11.5 Å². The van der Waals surface area contributed by atoms with E-state index in [9.17, 15) is 14.7 Å². The Labute approximate surface area is 190 Å². The highest BCUT2D eigenvalue weighted by Gasteiger charge is 2.47. The number of anilines is 1. The lowest BCUT2D eigenvalue weighted by molar-refractivity contribution is -0.132. The molecule has 1 atom stereocenters. The number of halogens is 1. The standard InChI is InChI=1S/C25H21ClN2O4/c1-3-32-18-9-7-17(8-10-18)23(29)21-22(16-11-13-27-14-12-16)28(25(31)24(21)30)20-6-4-5-19(26)15(20)2/h4-14,22,29H,3H2,1-2H3/b23-21+. The van der Waals surface area contributed by atoms with Gasteiger partial charge in [0.25, 0.3) is 11.7 Å². The van der Waals surface area contributed by atoms with E-state index in [0.29, 0.717) is 39.8 Å². The van der Waals surface area contributed by atoms with E-state index in [1.165, 1.54) is 4.90 Å². The van der Waals surface area contributed by atoms with Crippen LogP contribution in [0.4, 0.5) is 5.69 Å². The highest BCUT2D eigenvalue weighted by molar-refractivity contribution is 6.52. The topological polar surface area (TPSA) is 79.7 Å². The van der Waals surface area contributed by atoms with E-state index in [1.807, 2.05) is 6.92 Å². The second kappa shape index (κ2) is 8.85. The van der Waals surface area contributed by atoms with Gasteiger partial charge >= 0.3 is 0 Å². The largest absolute Gasteiger partial charge is 0.507 e. The third-order valence-corrected chi connectivity index (χ3v) is 5.81. The minimum atomic E-state index is -0.832. The molecule has 1 amide bonds. The number of pyridine rings is 1. The summed E-state index contributed by atoms with van der Waals surface area (Å²) in [6, 6.07) is 14.5. The minimum Gasteiger partial charge on any atom is -0.507 e. The Kier molecular flexibility index (Phi) is 5.97. The Bertz CT molecular complexity index is 1210. The summed E-state index contributed by atoms with van der Waals surface area (Å²) in [6.45, 7) is 4.17. The molecule has 0 spiro atoms. The van der Waals surface area contributed by atoms with Crippen LogP contribution >= 0.6 is 11.6 Å². The van der Waals surface area contributed by atoms with Crippen LogP contribution in [0.2, 0.25) is 5.02 Å². The third-order valence-electron chi connectivity index (χ3n) is 5.40. The molecule has 1 fully saturated rings. The van der Waals surface area contributed by atoms with Crippen molar-refractivity contribution in [2.24, 2.45) is 0 Å². The molecule has 6 nitrogen and oxygen atoms in total. The number of nitrogens with zero attached hydrogens (tertiary/aromatic N) is 2. The Morgan fingerprint density at radius 1 is 1.09 bits per heavy atom. The van der Waals surface area contributed by atoms with E-state index in [4.69, 9.17) is 16.3 Å². The number of aliphatic hydroxyl groups is 1. The van der Waals surface area contributed by atoms with Crippen LogP contribution in [0.25, 0.3) is 5.76 Å². The van der Waals surface area contributed by atoms with Crippen LogP contribution < -0.4 is 9.64 Å². The molecule has 1 saturated heterocycles. The molecule has 32 heavy (non-hydrogen) atoms. The molecule has 0 bridgehead atoms. The Balaban J connectivity index is 1.91. The summed E-state index contributed by atoms with van der Waals surface area (Å²) < 4.78 is 5.45. The number of aromatic nitrogens is 1. The molecule has 0 aliphatic carbocycles. The van der Waals surface area contributed by atoms with Gasteiger partial charge < -0.3 is 9.84 Å². The normalized spacial score (nSPS) is 17.6. The van der Waals surface area contributed by atoms with Crippen LogP contribution in [0.3, 0.4) is 0 Å². The van der Waals surface area contributed by atoms with E-state index in [1.54, 1.807) is 73.9 Å². The molecule has 4 rings (SSSR count). The first kappa shape index (κ1) is 21.6. The second-order valence-electron chi connectivity index (χ2n) is 7.29. The summed E-state index contributed by atoms with van der Waals surface area (Å²) in [5, 5.41) is 11.6. The van der Waals surface area contributed by atoms with Crippen molar-refractivity contribution in [2.75, 3.05) is 11.5 Å². The Morgan fingerprint density at radius 3 is 2.44 bits per heavy atom. The highest BCUT2D eigenvalue weighted by atomic mass is 35.5. The fourth-order valence-corrected chi connectivity index (χ4v) is 4.00. The summed E-state index contributed by atoms with van der Waals surface area (Å²) in [5.74, 6) is -1.11. The molecule has 3 aromatic rings. The maximum Gasteiger partial charge on any atom is 0.300 e. The van der Waals surface area contributed by atoms with Crippen molar-refractivity contribution in [3.63, 3.8) is 0 Å². The smallest absolute Gasteiger partial charge is 0.300 e. The molecule has 7 heteroatoms. The molecule has 0 saturated carbocycles. The lowest BCUT2D eigenvalue weighted by Crippen LogP contribution is -2.30. The number of Topliss-reactive ketones (excluding diaryl/α,β-unsaturated/α-hetero) is 1. The average molecular weight is 449 g/mol. The average Bonchev–Trinajstić information content (AvgIpc) is 3.07. The molecule has 2 heterocycles. The molecular formula is C25H21ClN2O4. The Hall–Kier alpha value is -3.64. The first-order valence-electron chi connectivity index (χ1n) is 10.1. The zero-order valence-corrected chi connectivity index (χ0v) is 18.3. The Morgan fingerprint density at radius 2 is 1.78 bits per heavy atom. The van der Waals surface area contributed by atoms with Crippen LogP contribution in [-0.4, -0.2) is 28.4 Å². The van der Waals surface area contributed by atoms with Gasteiger partial charge in [-0.25, -0.2) is 0 Å². The van der Waals surface area contributed by atoms with Crippen molar-refractivity contribution in [3.8, 4) is 5.75 Å². The van der Waals surface area contributed by atoms with Crippen molar-refractivity contribution in [3.05, 3.63) is 94.3 Å². The fourth-order valence-electron chi connectivity index (χ4n) is 3.83. The van der Waals surface area contributed by atoms with E-state index in [2.05, 4.69) is 4.98 Å². The second-order valence-corrected chi connectivity index (χ2v) is 7.70. The molecule has 162 valence electrons. The van der Waals surface area contributed by atoms with Crippen molar-refractivity contribution in [1.82, 2.24) is 4.98 Å². The van der Waals surface area contributed by atoms with Crippen LogP contribution in [0.15, 0.2) is 72.6 Å². The summed E-state index contributed by atoms with van der Waals surface area (Å²) in [5.41, 5.74) is 2.23. The molecule has 1 aromatic heterocycles. The van der Waals surface area contributed by atoms with Crippen LogP contribution in [0, 0.1) is 6.92 Å². The molecule has 1 aliphatic rings. The van der Waals surface area contributed by atoms with E-state index in [0.717, 1.165) is 0 Å². The van der Waals surface area contributed by atoms with Gasteiger partial charge in [-0.15, -0.1) is 0 Å². The summed E-state index contributed by atoms with van der Waals surface area (Å²) >= 11 is 6.30. The van der Waals surface area contributed by atoms with Crippen LogP contribution in [0.5, 0.6) is 5.75 Å². The van der Waals surface area contributed by atoms with Crippen molar-refractivity contribution < 1.29 is 19.4 Å². The van der Waals surface area contributed by atoms with Crippen molar-refractivity contribution in [2.45, 2.75) is 19.9 Å². The quantitative estimate of drug-likeness (QED) is 0.335. The number of aliphatic hydroxyl groups excluding tert-OH is 1. The van der Waals surface area contributed by atoms with E-state index in [-0.39, 0.29) is 11.3 Å². The first-order valence-corrected chi connectivity index (χ1v) is 10.5. The maximum absolute atomic E-state index is 13.2. The summed E-state index contributed by atoms with van der Waals surface area (Å²) in [6.07, 6.45) is 3.16. The number of amides is 1. The van der Waals surface area contributed by atoms with E-state index >= 15 is 0 Å². The van der Waals surface area contributed by atoms with Gasteiger partial charge in [0.2, 0.25) is 0 Å². The van der Waals surface area contributed by atoms with Gasteiger partial charge in [-0.3, -0.25) is 19.5 Å². The number of carbonyl (C=O) groups is 2. The lowest BCUT2D eigenvalue weighted by Gasteiger charge is -2.27. The van der Waals surface area contributed by atoms with Gasteiger partial charge in [0, 0.05) is 28.7 Å². The number of hydrogen-bond donors (Lipinski definition) is 1. The SMILES string of the molecule is CCOc1ccc(/C(O)=C2\C(=O)C(=O)N(c3cccc(Cl)c3C)C2c2ccncc2)cc1.